The zero-order chi connectivity index (χ0) is 30.1. The van der Waals surface area contributed by atoms with Gasteiger partial charge >= 0.3 is 29.9 Å². The van der Waals surface area contributed by atoms with Gasteiger partial charge in [0.1, 0.15) is 5.82 Å². The third-order valence-electron chi connectivity index (χ3n) is 5.32. The van der Waals surface area contributed by atoms with Crippen LogP contribution in [-0.2, 0) is 19.2 Å². The SMILES string of the molecule is CCNC(=O)N1CCN(CCCN(c2ccncc2)c2ccc(F)cc2)CC1.O=C(O)C(=O)O.O=C(O)C(=O)O. The maximum Gasteiger partial charge on any atom is 0.414 e. The van der Waals surface area contributed by atoms with Crippen molar-refractivity contribution in [2.24, 2.45) is 0 Å². The number of nitrogens with zero attached hydrogens (tertiary/aromatic N) is 4. The number of carboxylic acids is 4. The van der Waals surface area contributed by atoms with Crippen molar-refractivity contribution in [3.8, 4) is 0 Å². The molecule has 14 nitrogen and oxygen atoms in total. The Morgan fingerprint density at radius 1 is 0.825 bits per heavy atom. The summed E-state index contributed by atoms with van der Waals surface area (Å²) in [4.78, 5) is 58.9. The van der Waals surface area contributed by atoms with E-state index in [1.807, 2.05) is 24.0 Å². The first-order valence-electron chi connectivity index (χ1n) is 12.1. The van der Waals surface area contributed by atoms with Crippen LogP contribution in [0.3, 0.4) is 0 Å². The minimum absolute atomic E-state index is 0.0299. The zero-order valence-electron chi connectivity index (χ0n) is 21.8. The number of hydrogen-bond donors (Lipinski definition) is 5. The van der Waals surface area contributed by atoms with Crippen molar-refractivity contribution in [2.45, 2.75) is 13.3 Å². The Kier molecular flexibility index (Phi) is 14.7. The highest BCUT2D eigenvalue weighted by molar-refractivity contribution is 6.27. The lowest BCUT2D eigenvalue weighted by Gasteiger charge is -2.35. The number of rotatable bonds is 7. The molecule has 15 heteroatoms. The Hall–Kier alpha value is -4.79. The molecule has 0 aliphatic carbocycles. The molecule has 2 amide bonds. The Balaban J connectivity index is 0.000000559. The molecule has 1 fully saturated rings. The van der Waals surface area contributed by atoms with E-state index in [9.17, 15) is 9.18 Å². The molecular weight excluding hydrogens is 533 g/mol. The quantitative estimate of drug-likeness (QED) is 0.303. The van der Waals surface area contributed by atoms with Gasteiger partial charge in [-0.2, -0.15) is 0 Å². The average Bonchev–Trinajstić information content (AvgIpc) is 2.93. The van der Waals surface area contributed by atoms with Crippen LogP contribution >= 0.6 is 0 Å². The van der Waals surface area contributed by atoms with Gasteiger partial charge in [0.25, 0.3) is 0 Å². The molecule has 2 aromatic rings. The van der Waals surface area contributed by atoms with Gasteiger partial charge < -0.3 is 35.5 Å². The van der Waals surface area contributed by atoms with E-state index in [4.69, 9.17) is 39.6 Å². The number of urea groups is 1. The van der Waals surface area contributed by atoms with Crippen molar-refractivity contribution in [3.63, 3.8) is 0 Å². The number of carbonyl (C=O) groups is 5. The first kappa shape index (κ1) is 33.2. The van der Waals surface area contributed by atoms with Crippen LogP contribution in [0.5, 0.6) is 0 Å². The molecule has 2 heterocycles. The molecule has 1 aliphatic rings. The molecule has 5 N–H and O–H groups in total. The normalized spacial score (nSPS) is 12.5. The number of nitrogens with one attached hydrogen (secondary N) is 1. The van der Waals surface area contributed by atoms with E-state index in [1.165, 1.54) is 12.1 Å². The summed E-state index contributed by atoms with van der Waals surface area (Å²) < 4.78 is 13.3. The van der Waals surface area contributed by atoms with Gasteiger partial charge in [-0.3, -0.25) is 9.88 Å². The lowest BCUT2D eigenvalue weighted by atomic mass is 10.2. The number of carbonyl (C=O) groups excluding carboxylic acids is 1. The number of aliphatic carboxylic acids is 4. The third kappa shape index (κ3) is 12.6. The van der Waals surface area contributed by atoms with Crippen molar-refractivity contribution in [3.05, 3.63) is 54.6 Å². The van der Waals surface area contributed by atoms with Crippen LogP contribution in [0, 0.1) is 5.82 Å². The molecule has 218 valence electrons. The van der Waals surface area contributed by atoms with Gasteiger partial charge in [0.05, 0.1) is 0 Å². The predicted molar refractivity (Wildman–Crippen MR) is 140 cm³/mol. The highest BCUT2D eigenvalue weighted by Gasteiger charge is 2.20. The summed E-state index contributed by atoms with van der Waals surface area (Å²) in [5, 5.41) is 32.4. The van der Waals surface area contributed by atoms with Gasteiger partial charge in [-0.05, 0) is 56.3 Å². The number of piperazine rings is 1. The minimum atomic E-state index is -1.82. The minimum Gasteiger partial charge on any atom is -0.473 e. The van der Waals surface area contributed by atoms with Gasteiger partial charge in [-0.1, -0.05) is 0 Å². The monoisotopic (exact) mass is 565 g/mol. The van der Waals surface area contributed by atoms with Gasteiger partial charge in [0.2, 0.25) is 0 Å². The van der Waals surface area contributed by atoms with E-state index >= 15 is 0 Å². The molecule has 1 aromatic heterocycles. The lowest BCUT2D eigenvalue weighted by Crippen LogP contribution is -2.52. The van der Waals surface area contributed by atoms with E-state index in [0.717, 1.165) is 57.1 Å². The number of halogens is 1. The molecule has 1 aliphatic heterocycles. The molecule has 0 bridgehead atoms. The highest BCUT2D eigenvalue weighted by atomic mass is 19.1. The number of anilines is 2. The van der Waals surface area contributed by atoms with E-state index in [1.54, 1.807) is 24.5 Å². The van der Waals surface area contributed by atoms with Crippen LogP contribution in [0.25, 0.3) is 0 Å². The summed E-state index contributed by atoms with van der Waals surface area (Å²) in [6.07, 6.45) is 4.51. The smallest absolute Gasteiger partial charge is 0.414 e. The molecule has 40 heavy (non-hydrogen) atoms. The van der Waals surface area contributed by atoms with Crippen LogP contribution in [0.1, 0.15) is 13.3 Å². The van der Waals surface area contributed by atoms with Gasteiger partial charge in [-0.15, -0.1) is 0 Å². The standard InChI is InChI=1S/C21H28FN5O.2C2H2O4/c1-2-24-21(28)26-16-14-25(15-17-26)12-3-13-27(20-8-10-23-11-9-20)19-6-4-18(22)5-7-19;2*3-1(4)2(5)6/h4-11H,2-3,12-17H2,1H3,(H,24,28);2*(H,3,4)(H,5,6). The number of benzene rings is 1. The first-order valence-corrected chi connectivity index (χ1v) is 12.1. The molecular formula is C25H32FN5O9. The van der Waals surface area contributed by atoms with Crippen molar-refractivity contribution in [1.29, 1.82) is 0 Å². The van der Waals surface area contributed by atoms with Gasteiger partial charge in [0.15, 0.2) is 0 Å². The number of carboxylic acid groups (broad SMARTS) is 4. The Bertz CT molecular complexity index is 1060. The molecule has 0 spiro atoms. The lowest BCUT2D eigenvalue weighted by molar-refractivity contribution is -0.159. The summed E-state index contributed by atoms with van der Waals surface area (Å²) in [7, 11) is 0. The molecule has 0 unspecified atom stereocenters. The highest BCUT2D eigenvalue weighted by Crippen LogP contribution is 2.25. The van der Waals surface area contributed by atoms with E-state index in [2.05, 4.69) is 20.1 Å². The maximum atomic E-state index is 13.3. The fourth-order valence-electron chi connectivity index (χ4n) is 3.44. The summed E-state index contributed by atoms with van der Waals surface area (Å²) in [6.45, 7) is 7.69. The summed E-state index contributed by atoms with van der Waals surface area (Å²) in [5.74, 6) is -7.53. The van der Waals surface area contributed by atoms with Crippen LogP contribution in [0.15, 0.2) is 48.8 Å². The number of aromatic nitrogens is 1. The molecule has 3 rings (SSSR count). The van der Waals surface area contributed by atoms with Crippen molar-refractivity contribution in [2.75, 3.05) is 50.7 Å². The topological polar surface area (TPSA) is 201 Å². The number of pyridine rings is 1. The van der Waals surface area contributed by atoms with Crippen LogP contribution in [-0.4, -0.2) is 111 Å². The van der Waals surface area contributed by atoms with Crippen molar-refractivity contribution >= 4 is 41.3 Å². The summed E-state index contributed by atoms with van der Waals surface area (Å²) in [5.41, 5.74) is 2.01. The van der Waals surface area contributed by atoms with E-state index in [-0.39, 0.29) is 11.8 Å². The van der Waals surface area contributed by atoms with E-state index in [0.29, 0.717) is 6.54 Å². The molecule has 1 saturated heterocycles. The fourth-order valence-corrected chi connectivity index (χ4v) is 3.44. The Morgan fingerprint density at radius 3 is 1.75 bits per heavy atom. The fraction of sp³-hybridized carbons (Fsp3) is 0.360. The van der Waals surface area contributed by atoms with Crippen LogP contribution in [0.2, 0.25) is 0 Å². The Labute approximate surface area is 229 Å². The second-order valence-electron chi connectivity index (χ2n) is 8.07. The third-order valence-corrected chi connectivity index (χ3v) is 5.32. The van der Waals surface area contributed by atoms with Gasteiger partial charge in [-0.25, -0.2) is 28.4 Å². The molecule has 0 atom stereocenters. The number of hydrogen-bond acceptors (Lipinski definition) is 8. The van der Waals surface area contributed by atoms with Crippen molar-refractivity contribution in [1.82, 2.24) is 20.1 Å². The first-order chi connectivity index (χ1) is 19.0. The van der Waals surface area contributed by atoms with Crippen LogP contribution in [0.4, 0.5) is 20.6 Å². The maximum absolute atomic E-state index is 13.3. The summed E-state index contributed by atoms with van der Waals surface area (Å²) in [6, 6.07) is 10.6. The molecule has 1 aromatic carbocycles. The second kappa shape index (κ2) is 17.7. The Morgan fingerprint density at radius 2 is 1.30 bits per heavy atom. The van der Waals surface area contributed by atoms with Crippen molar-refractivity contribution < 1.29 is 48.8 Å². The summed E-state index contributed by atoms with van der Waals surface area (Å²) >= 11 is 0. The second-order valence-corrected chi connectivity index (χ2v) is 8.07. The van der Waals surface area contributed by atoms with Gasteiger partial charge in [0, 0.05) is 63.0 Å². The number of amides is 2. The van der Waals surface area contributed by atoms with E-state index < -0.39 is 23.9 Å². The zero-order valence-corrected chi connectivity index (χ0v) is 21.8. The van der Waals surface area contributed by atoms with Crippen LogP contribution < -0.4 is 10.2 Å². The predicted octanol–water partition coefficient (Wildman–Crippen LogP) is 1.41. The average molecular weight is 566 g/mol. The largest absolute Gasteiger partial charge is 0.473 e. The molecule has 0 radical (unpaired) electrons. The molecule has 0 saturated carbocycles.